The Morgan fingerprint density at radius 2 is 1.81 bits per heavy atom. The number of nitro benzene ring substituents is 1. The second kappa shape index (κ2) is 7.46. The number of carbonyl (C=O) groups excluding carboxylic acids is 2. The molecule has 1 amide bonds. The van der Waals surface area contributed by atoms with Crippen LogP contribution in [0.3, 0.4) is 0 Å². The number of aromatic nitrogens is 1. The summed E-state index contributed by atoms with van der Waals surface area (Å²) in [7, 11) is 0. The highest BCUT2D eigenvalue weighted by Crippen LogP contribution is 2.29. The van der Waals surface area contributed by atoms with E-state index in [0.29, 0.717) is 22.4 Å². The van der Waals surface area contributed by atoms with Crippen molar-refractivity contribution in [3.8, 4) is 11.3 Å². The number of hydrogen-bond acceptors (Lipinski definition) is 6. The van der Waals surface area contributed by atoms with Gasteiger partial charge in [-0.1, -0.05) is 42.0 Å². The number of nitrogens with zero attached hydrogens (tertiary/aromatic N) is 2. The van der Waals surface area contributed by atoms with Crippen molar-refractivity contribution in [2.24, 2.45) is 0 Å². The zero-order chi connectivity index (χ0) is 19.6. The number of amides is 1. The maximum atomic E-state index is 12.2. The van der Waals surface area contributed by atoms with Gasteiger partial charge in [0.2, 0.25) is 0 Å². The zero-order valence-corrected chi connectivity index (χ0v) is 15.4. The van der Waals surface area contributed by atoms with Gasteiger partial charge < -0.3 is 0 Å². The summed E-state index contributed by atoms with van der Waals surface area (Å²) in [5.74, 6) is -1.44. The van der Waals surface area contributed by atoms with Gasteiger partial charge in [-0.15, -0.1) is 11.3 Å². The lowest BCUT2D eigenvalue weighted by Gasteiger charge is -2.02. The Bertz CT molecular complexity index is 1040. The molecule has 0 unspecified atom stereocenters. The predicted octanol–water partition coefficient (Wildman–Crippen LogP) is 4.16. The molecule has 0 aliphatic heterocycles. The molecule has 0 fully saturated rings. The van der Waals surface area contributed by atoms with Crippen molar-refractivity contribution >= 4 is 33.8 Å². The zero-order valence-electron chi connectivity index (χ0n) is 14.6. The number of Topliss-reactive ketones (excluding diaryl/α,β-unsaturated/α-hetero) is 1. The molecule has 3 rings (SSSR count). The molecule has 3 aromatic rings. The average molecular weight is 381 g/mol. The third kappa shape index (κ3) is 4.06. The summed E-state index contributed by atoms with van der Waals surface area (Å²) in [6.45, 7) is 3.55. The van der Waals surface area contributed by atoms with Crippen LogP contribution in [0.1, 0.15) is 21.5 Å². The minimum Gasteiger partial charge on any atom is -0.295 e. The van der Waals surface area contributed by atoms with Crippen LogP contribution in [0.2, 0.25) is 0 Å². The first-order valence-electron chi connectivity index (χ1n) is 7.98. The number of ketones is 1. The molecule has 0 bridgehead atoms. The molecule has 0 radical (unpaired) electrons. The third-order valence-electron chi connectivity index (χ3n) is 3.95. The molecule has 0 atom stereocenters. The summed E-state index contributed by atoms with van der Waals surface area (Å²) >= 11 is 1.14. The van der Waals surface area contributed by atoms with Crippen molar-refractivity contribution in [1.29, 1.82) is 0 Å². The molecular weight excluding hydrogens is 366 g/mol. The van der Waals surface area contributed by atoms with Gasteiger partial charge in [-0.25, -0.2) is 4.98 Å². The molecule has 0 saturated carbocycles. The van der Waals surface area contributed by atoms with E-state index in [2.05, 4.69) is 10.3 Å². The van der Waals surface area contributed by atoms with Gasteiger partial charge in [-0.05, 0) is 13.8 Å². The van der Waals surface area contributed by atoms with Crippen molar-refractivity contribution in [3.05, 3.63) is 74.6 Å². The van der Waals surface area contributed by atoms with E-state index in [1.165, 1.54) is 6.07 Å². The molecule has 0 saturated heterocycles. The molecule has 7 nitrogen and oxygen atoms in total. The van der Waals surface area contributed by atoms with Crippen molar-refractivity contribution in [2.75, 3.05) is 5.32 Å². The van der Waals surface area contributed by atoms with Crippen molar-refractivity contribution in [3.63, 3.8) is 0 Å². The normalized spacial score (nSPS) is 10.4. The number of benzene rings is 2. The quantitative estimate of drug-likeness (QED) is 0.309. The fraction of sp³-hybridized carbons (Fsp3) is 0.105. The minimum atomic E-state index is -0.783. The predicted molar refractivity (Wildman–Crippen MR) is 103 cm³/mol. The molecule has 1 N–H and O–H groups in total. The summed E-state index contributed by atoms with van der Waals surface area (Å²) in [4.78, 5) is 39.2. The lowest BCUT2D eigenvalue weighted by atomic mass is 10.1. The second-order valence-electron chi connectivity index (χ2n) is 5.95. The number of nitro groups is 1. The van der Waals surface area contributed by atoms with Crippen LogP contribution in [0.5, 0.6) is 0 Å². The van der Waals surface area contributed by atoms with Crippen LogP contribution in [0.25, 0.3) is 11.3 Å². The largest absolute Gasteiger partial charge is 0.298 e. The number of aryl methyl sites for hydroxylation is 2. The number of rotatable bonds is 5. The molecule has 0 aliphatic carbocycles. The Morgan fingerprint density at radius 1 is 1.11 bits per heavy atom. The summed E-state index contributed by atoms with van der Waals surface area (Å²) in [5, 5.41) is 15.5. The summed E-state index contributed by atoms with van der Waals surface area (Å²) in [6, 6.07) is 11.5. The van der Waals surface area contributed by atoms with Crippen molar-refractivity contribution < 1.29 is 14.5 Å². The molecule has 1 heterocycles. The molecule has 0 spiro atoms. The van der Waals surface area contributed by atoms with E-state index in [1.54, 1.807) is 48.7 Å². The van der Waals surface area contributed by atoms with Crippen LogP contribution in [0, 0.1) is 24.0 Å². The molecular formula is C19H15N3O4S. The van der Waals surface area contributed by atoms with E-state index in [9.17, 15) is 19.7 Å². The van der Waals surface area contributed by atoms with Gasteiger partial charge in [0.25, 0.3) is 17.4 Å². The molecule has 8 heteroatoms. The van der Waals surface area contributed by atoms with E-state index >= 15 is 0 Å². The van der Waals surface area contributed by atoms with Crippen molar-refractivity contribution in [1.82, 2.24) is 4.98 Å². The Labute approximate surface area is 158 Å². The van der Waals surface area contributed by atoms with Crippen LogP contribution >= 0.6 is 11.3 Å². The lowest BCUT2D eigenvalue weighted by molar-refractivity contribution is -0.385. The van der Waals surface area contributed by atoms with Gasteiger partial charge in [0, 0.05) is 28.1 Å². The highest BCUT2D eigenvalue weighted by Gasteiger charge is 2.18. The van der Waals surface area contributed by atoms with Gasteiger partial charge >= 0.3 is 0 Å². The highest BCUT2D eigenvalue weighted by molar-refractivity contribution is 7.14. The van der Waals surface area contributed by atoms with Gasteiger partial charge in [-0.3, -0.25) is 25.0 Å². The minimum absolute atomic E-state index is 0.000587. The van der Waals surface area contributed by atoms with Crippen LogP contribution in [-0.2, 0) is 4.79 Å². The van der Waals surface area contributed by atoms with Gasteiger partial charge in [-0.2, -0.15) is 0 Å². The number of carbonyl (C=O) groups is 2. The molecule has 0 aliphatic rings. The Balaban J connectivity index is 1.77. The summed E-state index contributed by atoms with van der Waals surface area (Å²) < 4.78 is 0. The van der Waals surface area contributed by atoms with Crippen LogP contribution in [0.15, 0.2) is 47.8 Å². The van der Waals surface area contributed by atoms with E-state index in [0.717, 1.165) is 16.9 Å². The standard InChI is InChI=1S/C19H15N3O4S/c1-11-3-6-13(7-4-11)17(23)18(24)21-19-20-15(10-27-19)14-8-5-12(2)16(9-14)22(25)26/h3-10H,1-2H3,(H,20,21,24). The number of nitrogens with one attached hydrogen (secondary N) is 1. The van der Waals surface area contributed by atoms with E-state index < -0.39 is 16.6 Å². The Morgan fingerprint density at radius 3 is 2.48 bits per heavy atom. The first kappa shape index (κ1) is 18.4. The molecule has 27 heavy (non-hydrogen) atoms. The summed E-state index contributed by atoms with van der Waals surface area (Å²) in [6.07, 6.45) is 0. The van der Waals surface area contributed by atoms with Gasteiger partial charge in [0.1, 0.15) is 0 Å². The number of hydrogen-bond donors (Lipinski definition) is 1. The third-order valence-corrected chi connectivity index (χ3v) is 4.70. The number of thiazole rings is 1. The second-order valence-corrected chi connectivity index (χ2v) is 6.80. The monoisotopic (exact) mass is 381 g/mol. The fourth-order valence-corrected chi connectivity index (χ4v) is 3.13. The maximum absolute atomic E-state index is 12.2. The molecule has 1 aromatic heterocycles. The maximum Gasteiger partial charge on any atom is 0.298 e. The topological polar surface area (TPSA) is 102 Å². The van der Waals surface area contributed by atoms with Crippen LogP contribution in [-0.4, -0.2) is 21.6 Å². The number of anilines is 1. The van der Waals surface area contributed by atoms with E-state index in [-0.39, 0.29) is 10.8 Å². The lowest BCUT2D eigenvalue weighted by Crippen LogP contribution is -2.22. The first-order chi connectivity index (χ1) is 12.8. The molecule has 2 aromatic carbocycles. The van der Waals surface area contributed by atoms with Gasteiger partial charge in [0.05, 0.1) is 10.6 Å². The van der Waals surface area contributed by atoms with E-state index in [4.69, 9.17) is 0 Å². The van der Waals surface area contributed by atoms with Crippen LogP contribution in [0.4, 0.5) is 10.8 Å². The van der Waals surface area contributed by atoms with Gasteiger partial charge in [0.15, 0.2) is 5.13 Å². The van der Waals surface area contributed by atoms with Crippen LogP contribution < -0.4 is 5.32 Å². The average Bonchev–Trinajstić information content (AvgIpc) is 3.10. The van der Waals surface area contributed by atoms with E-state index in [1.807, 2.05) is 6.92 Å². The Hall–Kier alpha value is -3.39. The SMILES string of the molecule is Cc1ccc(C(=O)C(=O)Nc2nc(-c3ccc(C)c([N+](=O)[O-])c3)cs2)cc1. The first-order valence-corrected chi connectivity index (χ1v) is 8.86. The Kier molecular flexibility index (Phi) is 5.09. The summed E-state index contributed by atoms with van der Waals surface area (Å²) in [5.41, 5.74) is 2.89. The highest BCUT2D eigenvalue weighted by atomic mass is 32.1. The fourth-order valence-electron chi connectivity index (χ4n) is 2.42. The molecule has 136 valence electrons. The smallest absolute Gasteiger partial charge is 0.295 e. The van der Waals surface area contributed by atoms with Crippen molar-refractivity contribution in [2.45, 2.75) is 13.8 Å².